The van der Waals surface area contributed by atoms with E-state index in [1.807, 2.05) is 30.3 Å². The molecule has 0 fully saturated rings. The third-order valence-corrected chi connectivity index (χ3v) is 4.31. The normalized spacial score (nSPS) is 12.2. The fraction of sp³-hybridized carbons (Fsp3) is 0.154. The number of halogens is 2. The number of hydrogen-bond donors (Lipinski definition) is 2. The monoisotopic (exact) mass is 389 g/mol. The van der Waals surface area contributed by atoms with Gasteiger partial charge in [0.05, 0.1) is 18.2 Å². The summed E-state index contributed by atoms with van der Waals surface area (Å²) in [6.45, 7) is 0. The number of aromatic nitrogens is 1. The quantitative estimate of drug-likeness (QED) is 0.480. The van der Waals surface area contributed by atoms with Gasteiger partial charge in [-0.3, -0.25) is 10.8 Å². The molecule has 0 saturated heterocycles. The van der Waals surface area contributed by atoms with E-state index < -0.39 is 0 Å². The average Bonchev–Trinajstić information content (AvgIpc) is 2.44. The predicted molar refractivity (Wildman–Crippen MR) is 84.1 cm³/mol. The number of nitrogens with zero attached hydrogens (tertiary/aromatic N) is 1. The fourth-order valence-corrected chi connectivity index (χ4v) is 2.34. The molecule has 0 radical (unpaired) electrons. The Morgan fingerprint density at radius 2 is 2.21 bits per heavy atom. The summed E-state index contributed by atoms with van der Waals surface area (Å²) in [4.78, 5) is 4.34. The summed E-state index contributed by atoms with van der Waals surface area (Å²) in [6.07, 6.45) is 1.70. The molecule has 0 bridgehead atoms. The zero-order valence-corrected chi connectivity index (χ0v) is 13.1. The van der Waals surface area contributed by atoms with Crippen LogP contribution in [0.1, 0.15) is 17.3 Å². The van der Waals surface area contributed by atoms with E-state index in [4.69, 9.17) is 22.2 Å². The van der Waals surface area contributed by atoms with Gasteiger partial charge in [0, 0.05) is 9.77 Å². The van der Waals surface area contributed by atoms with Gasteiger partial charge in [0.15, 0.2) is 0 Å². The largest absolute Gasteiger partial charge is 0.495 e. The molecule has 1 aromatic carbocycles. The topological polar surface area (TPSA) is 60.2 Å². The van der Waals surface area contributed by atoms with Crippen molar-refractivity contribution in [1.82, 2.24) is 10.4 Å². The van der Waals surface area contributed by atoms with E-state index in [0.717, 1.165) is 14.8 Å². The van der Waals surface area contributed by atoms with Crippen LogP contribution in [0, 0.1) is 3.57 Å². The van der Waals surface area contributed by atoms with Crippen LogP contribution in [0.5, 0.6) is 5.75 Å². The first kappa shape index (κ1) is 14.5. The van der Waals surface area contributed by atoms with Crippen LogP contribution >= 0.6 is 34.2 Å². The van der Waals surface area contributed by atoms with Crippen LogP contribution in [-0.4, -0.2) is 12.1 Å². The first-order valence-corrected chi connectivity index (χ1v) is 7.03. The molecule has 2 aromatic rings. The second-order valence-corrected chi connectivity index (χ2v) is 5.43. The fourth-order valence-electron chi connectivity index (χ4n) is 1.82. The average molecular weight is 390 g/mol. The van der Waals surface area contributed by atoms with E-state index in [0.29, 0.717) is 10.8 Å². The van der Waals surface area contributed by atoms with E-state index >= 15 is 0 Å². The molecule has 1 unspecified atom stereocenters. The number of hydrogen-bond acceptors (Lipinski definition) is 4. The second-order valence-electron chi connectivity index (χ2n) is 3.86. The molecule has 0 spiro atoms. The zero-order chi connectivity index (χ0) is 13.8. The van der Waals surface area contributed by atoms with Crippen LogP contribution in [0.15, 0.2) is 36.5 Å². The third kappa shape index (κ3) is 3.17. The molecule has 0 amide bonds. The van der Waals surface area contributed by atoms with Crippen molar-refractivity contribution in [2.24, 2.45) is 5.84 Å². The zero-order valence-electron chi connectivity index (χ0n) is 10.2. The van der Waals surface area contributed by atoms with Gasteiger partial charge in [-0.2, -0.15) is 0 Å². The summed E-state index contributed by atoms with van der Waals surface area (Å²) in [5.74, 6) is 6.34. The molecule has 0 aliphatic heterocycles. The number of rotatable bonds is 4. The molecule has 0 aliphatic rings. The van der Waals surface area contributed by atoms with Gasteiger partial charge in [0.1, 0.15) is 11.4 Å². The molecule has 4 nitrogen and oxygen atoms in total. The van der Waals surface area contributed by atoms with Gasteiger partial charge in [-0.15, -0.1) is 0 Å². The lowest BCUT2D eigenvalue weighted by molar-refractivity contribution is 0.400. The standard InChI is InChI=1S/C13H13ClIN3O/c1-19-11-3-2-6-17-13(11)12(18-16)8-4-5-10(15)9(14)7-8/h2-7,12,18H,16H2,1H3. The lowest BCUT2D eigenvalue weighted by Crippen LogP contribution is -2.29. The van der Waals surface area contributed by atoms with E-state index in [9.17, 15) is 0 Å². The number of methoxy groups -OCH3 is 1. The summed E-state index contributed by atoms with van der Waals surface area (Å²) in [6, 6.07) is 9.18. The molecule has 1 aromatic heterocycles. The number of ether oxygens (including phenoxy) is 1. The minimum absolute atomic E-state index is 0.273. The molecule has 100 valence electrons. The molecular formula is C13H13ClIN3O. The molecule has 1 atom stereocenters. The summed E-state index contributed by atoms with van der Waals surface area (Å²) in [5, 5.41) is 0.688. The van der Waals surface area contributed by atoms with Gasteiger partial charge in [-0.25, -0.2) is 5.43 Å². The summed E-state index contributed by atoms with van der Waals surface area (Å²) < 4.78 is 6.30. The SMILES string of the molecule is COc1cccnc1C(NN)c1ccc(I)c(Cl)c1. The smallest absolute Gasteiger partial charge is 0.142 e. The highest BCUT2D eigenvalue weighted by molar-refractivity contribution is 14.1. The van der Waals surface area contributed by atoms with E-state index in [1.165, 1.54) is 0 Å². The molecule has 6 heteroatoms. The minimum atomic E-state index is -0.273. The molecule has 19 heavy (non-hydrogen) atoms. The number of nitrogens with two attached hydrogens (primary N) is 1. The van der Waals surface area contributed by atoms with Crippen LogP contribution in [-0.2, 0) is 0 Å². The van der Waals surface area contributed by atoms with Crippen LogP contribution in [0.3, 0.4) is 0 Å². The lowest BCUT2D eigenvalue weighted by atomic mass is 10.0. The van der Waals surface area contributed by atoms with Crippen LogP contribution in [0.4, 0.5) is 0 Å². The highest BCUT2D eigenvalue weighted by Crippen LogP contribution is 2.30. The van der Waals surface area contributed by atoms with E-state index in [-0.39, 0.29) is 6.04 Å². The number of benzene rings is 1. The van der Waals surface area contributed by atoms with Crippen molar-refractivity contribution in [2.45, 2.75) is 6.04 Å². The molecule has 1 heterocycles. The van der Waals surface area contributed by atoms with Crippen molar-refractivity contribution in [1.29, 1.82) is 0 Å². The van der Waals surface area contributed by atoms with Crippen molar-refractivity contribution in [3.8, 4) is 5.75 Å². The third-order valence-electron chi connectivity index (χ3n) is 2.74. The predicted octanol–water partition coefficient (Wildman–Crippen LogP) is 2.90. The highest BCUT2D eigenvalue weighted by atomic mass is 127. The highest BCUT2D eigenvalue weighted by Gasteiger charge is 2.18. The number of nitrogens with one attached hydrogen (secondary N) is 1. The van der Waals surface area contributed by atoms with Crippen molar-refractivity contribution >= 4 is 34.2 Å². The summed E-state index contributed by atoms with van der Waals surface area (Å²) in [7, 11) is 1.61. The number of hydrazine groups is 1. The van der Waals surface area contributed by atoms with Crippen LogP contribution in [0.2, 0.25) is 5.02 Å². The first-order valence-electron chi connectivity index (χ1n) is 5.57. The minimum Gasteiger partial charge on any atom is -0.495 e. The van der Waals surface area contributed by atoms with E-state index in [1.54, 1.807) is 13.3 Å². The van der Waals surface area contributed by atoms with Gasteiger partial charge < -0.3 is 4.74 Å². The first-order chi connectivity index (χ1) is 9.17. The van der Waals surface area contributed by atoms with Gasteiger partial charge >= 0.3 is 0 Å². The Balaban J connectivity index is 2.46. The number of pyridine rings is 1. The Kier molecular flexibility index (Phi) is 4.98. The van der Waals surface area contributed by atoms with E-state index in [2.05, 4.69) is 33.0 Å². The molecular weight excluding hydrogens is 377 g/mol. The Hall–Kier alpha value is -0.890. The van der Waals surface area contributed by atoms with Gasteiger partial charge in [-0.1, -0.05) is 17.7 Å². The van der Waals surface area contributed by atoms with Crippen molar-refractivity contribution in [3.05, 3.63) is 56.4 Å². The Morgan fingerprint density at radius 1 is 1.42 bits per heavy atom. The lowest BCUT2D eigenvalue weighted by Gasteiger charge is -2.18. The molecule has 0 aliphatic carbocycles. The Labute approximate surface area is 130 Å². The van der Waals surface area contributed by atoms with Crippen molar-refractivity contribution in [2.75, 3.05) is 7.11 Å². The Bertz CT molecular complexity index is 580. The van der Waals surface area contributed by atoms with Crippen LogP contribution < -0.4 is 16.0 Å². The summed E-state index contributed by atoms with van der Waals surface area (Å²) in [5.41, 5.74) is 4.41. The maximum absolute atomic E-state index is 6.15. The maximum atomic E-state index is 6.15. The second kappa shape index (κ2) is 6.51. The molecule has 0 saturated carbocycles. The van der Waals surface area contributed by atoms with Gasteiger partial charge in [0.2, 0.25) is 0 Å². The Morgan fingerprint density at radius 3 is 2.84 bits per heavy atom. The summed E-state index contributed by atoms with van der Waals surface area (Å²) >= 11 is 8.33. The molecule has 2 rings (SSSR count). The van der Waals surface area contributed by atoms with Gasteiger partial charge in [-0.05, 0) is 52.4 Å². The van der Waals surface area contributed by atoms with Gasteiger partial charge in [0.25, 0.3) is 0 Å². The van der Waals surface area contributed by atoms with Crippen molar-refractivity contribution < 1.29 is 4.74 Å². The maximum Gasteiger partial charge on any atom is 0.142 e. The van der Waals surface area contributed by atoms with Crippen LogP contribution in [0.25, 0.3) is 0 Å². The van der Waals surface area contributed by atoms with Crippen molar-refractivity contribution in [3.63, 3.8) is 0 Å². The molecule has 3 N–H and O–H groups in total.